The molecule has 0 heterocycles. The van der Waals surface area contributed by atoms with E-state index < -0.39 is 18.3 Å². The number of aliphatic hydroxyl groups excluding tert-OH is 2. The minimum absolute atomic E-state index is 0.0313. The number of aliphatic hydroxyl groups is 2. The first-order valence-electron chi connectivity index (χ1n) is 12.0. The van der Waals surface area contributed by atoms with Gasteiger partial charge in [-0.1, -0.05) is 91.0 Å². The lowest BCUT2D eigenvalue weighted by molar-refractivity contribution is -0.220. The summed E-state index contributed by atoms with van der Waals surface area (Å²) in [6, 6.07) is 29.9. The Morgan fingerprint density at radius 1 is 0.588 bits per heavy atom. The van der Waals surface area contributed by atoms with Crippen molar-refractivity contribution in [2.24, 2.45) is 5.92 Å². The number of hydrogen-bond acceptors (Lipinski definition) is 5. The summed E-state index contributed by atoms with van der Waals surface area (Å²) in [5.41, 5.74) is 3.15. The second-order valence-corrected chi connectivity index (χ2v) is 8.86. The molecule has 0 aromatic heterocycles. The van der Waals surface area contributed by atoms with Crippen molar-refractivity contribution in [3.8, 4) is 0 Å². The van der Waals surface area contributed by atoms with Crippen LogP contribution in [-0.2, 0) is 34.0 Å². The third kappa shape index (κ3) is 6.75. The fourth-order valence-electron chi connectivity index (χ4n) is 4.63. The van der Waals surface area contributed by atoms with E-state index in [-0.39, 0.29) is 18.6 Å². The zero-order chi connectivity index (χ0) is 23.6. The molecule has 1 aliphatic rings. The maximum absolute atomic E-state index is 11.1. The van der Waals surface area contributed by atoms with Crippen LogP contribution < -0.4 is 0 Å². The van der Waals surface area contributed by atoms with Gasteiger partial charge in [0, 0.05) is 6.61 Å². The third-order valence-electron chi connectivity index (χ3n) is 6.39. The first-order chi connectivity index (χ1) is 16.7. The zero-order valence-corrected chi connectivity index (χ0v) is 19.4. The van der Waals surface area contributed by atoms with E-state index in [1.807, 2.05) is 91.0 Å². The van der Waals surface area contributed by atoms with E-state index in [1.54, 1.807) is 0 Å². The van der Waals surface area contributed by atoms with Crippen LogP contribution in [-0.4, -0.2) is 41.2 Å². The van der Waals surface area contributed by atoms with Gasteiger partial charge >= 0.3 is 0 Å². The maximum atomic E-state index is 11.1. The summed E-state index contributed by atoms with van der Waals surface area (Å²) in [5.74, 6) is -0.0407. The third-order valence-corrected chi connectivity index (χ3v) is 6.39. The minimum atomic E-state index is -0.711. The van der Waals surface area contributed by atoms with E-state index in [2.05, 4.69) is 0 Å². The van der Waals surface area contributed by atoms with Crippen LogP contribution in [0.1, 0.15) is 29.5 Å². The van der Waals surface area contributed by atoms with Crippen LogP contribution in [0.3, 0.4) is 0 Å². The number of rotatable bonds is 11. The molecule has 0 aliphatic heterocycles. The molecular formula is C29H34O5. The Labute approximate surface area is 201 Å². The predicted octanol–water partition coefficient (Wildman–Crippen LogP) is 4.51. The molecule has 1 saturated carbocycles. The second-order valence-electron chi connectivity index (χ2n) is 8.86. The first kappa shape index (κ1) is 24.6. The maximum Gasteiger partial charge on any atom is 0.113 e. The molecule has 34 heavy (non-hydrogen) atoms. The van der Waals surface area contributed by atoms with E-state index >= 15 is 0 Å². The topological polar surface area (TPSA) is 68.2 Å². The Balaban J connectivity index is 1.55. The van der Waals surface area contributed by atoms with Crippen molar-refractivity contribution in [3.63, 3.8) is 0 Å². The summed E-state index contributed by atoms with van der Waals surface area (Å²) in [4.78, 5) is 0. The highest BCUT2D eigenvalue weighted by atomic mass is 16.6. The van der Waals surface area contributed by atoms with Crippen LogP contribution in [0.5, 0.6) is 0 Å². The summed E-state index contributed by atoms with van der Waals surface area (Å²) in [6.07, 6.45) is -1.02. The standard InChI is InChI=1S/C29H34O5/c30-17-16-25-18-26(31)28(33-20-23-12-6-2-7-13-23)29(34-21-24-14-8-3-9-15-24)27(25)32-19-22-10-4-1-5-11-22/h1-15,25-31H,16-21H2/t25-,26+,27+,28-,29-/m1/s1. The van der Waals surface area contributed by atoms with Crippen molar-refractivity contribution in [1.29, 1.82) is 0 Å². The molecule has 0 spiro atoms. The van der Waals surface area contributed by atoms with E-state index in [4.69, 9.17) is 14.2 Å². The monoisotopic (exact) mass is 462 g/mol. The van der Waals surface area contributed by atoms with Gasteiger partial charge in [-0.05, 0) is 35.4 Å². The van der Waals surface area contributed by atoms with Crippen LogP contribution >= 0.6 is 0 Å². The molecule has 5 heteroatoms. The van der Waals surface area contributed by atoms with Gasteiger partial charge in [0.15, 0.2) is 0 Å². The summed E-state index contributed by atoms with van der Waals surface area (Å²) >= 11 is 0. The molecule has 0 bridgehead atoms. The van der Waals surface area contributed by atoms with Crippen LogP contribution in [0.4, 0.5) is 0 Å². The molecule has 0 radical (unpaired) electrons. The molecule has 0 amide bonds. The summed E-state index contributed by atoms with van der Waals surface area (Å²) < 4.78 is 19.1. The lowest BCUT2D eigenvalue weighted by Crippen LogP contribution is -2.56. The van der Waals surface area contributed by atoms with Crippen molar-refractivity contribution in [1.82, 2.24) is 0 Å². The van der Waals surface area contributed by atoms with Crippen molar-refractivity contribution < 1.29 is 24.4 Å². The number of ether oxygens (including phenoxy) is 3. The molecule has 3 aromatic rings. The van der Waals surface area contributed by atoms with Crippen LogP contribution in [0, 0.1) is 5.92 Å². The molecule has 3 aromatic carbocycles. The van der Waals surface area contributed by atoms with Crippen molar-refractivity contribution in [2.45, 2.75) is 57.1 Å². The average molecular weight is 463 g/mol. The van der Waals surface area contributed by atoms with E-state index in [0.29, 0.717) is 32.7 Å². The van der Waals surface area contributed by atoms with Gasteiger partial charge in [-0.25, -0.2) is 0 Å². The zero-order valence-electron chi connectivity index (χ0n) is 19.4. The van der Waals surface area contributed by atoms with Gasteiger partial charge in [0.2, 0.25) is 0 Å². The predicted molar refractivity (Wildman–Crippen MR) is 131 cm³/mol. The lowest BCUT2D eigenvalue weighted by atomic mass is 9.78. The number of benzene rings is 3. The highest BCUT2D eigenvalue weighted by molar-refractivity contribution is 5.15. The van der Waals surface area contributed by atoms with Gasteiger partial charge in [0.25, 0.3) is 0 Å². The summed E-state index contributed by atoms with van der Waals surface area (Å²) in [5, 5.41) is 20.8. The van der Waals surface area contributed by atoms with Gasteiger partial charge in [-0.15, -0.1) is 0 Å². The molecule has 5 nitrogen and oxygen atoms in total. The van der Waals surface area contributed by atoms with E-state index in [9.17, 15) is 10.2 Å². The van der Waals surface area contributed by atoms with Gasteiger partial charge in [0.1, 0.15) is 12.2 Å². The van der Waals surface area contributed by atoms with E-state index in [1.165, 1.54) is 0 Å². The van der Waals surface area contributed by atoms with Crippen molar-refractivity contribution >= 4 is 0 Å². The van der Waals surface area contributed by atoms with Crippen molar-refractivity contribution in [3.05, 3.63) is 108 Å². The SMILES string of the molecule is OCC[C@@H]1C[C@H](O)[C@@H](OCc2ccccc2)[C@H](OCc2ccccc2)[C@H]1OCc1ccccc1. The Kier molecular flexibility index (Phi) is 9.25. The van der Waals surface area contributed by atoms with Gasteiger partial charge in [-0.3, -0.25) is 0 Å². The fourth-order valence-corrected chi connectivity index (χ4v) is 4.63. The average Bonchev–Trinajstić information content (AvgIpc) is 2.88. The Hall–Kier alpha value is -2.54. The Morgan fingerprint density at radius 3 is 1.44 bits per heavy atom. The highest BCUT2D eigenvalue weighted by Crippen LogP contribution is 2.35. The van der Waals surface area contributed by atoms with Crippen molar-refractivity contribution in [2.75, 3.05) is 6.61 Å². The Bertz CT molecular complexity index is 950. The lowest BCUT2D eigenvalue weighted by Gasteiger charge is -2.44. The first-order valence-corrected chi connectivity index (χ1v) is 12.0. The summed E-state index contributed by atoms with van der Waals surface area (Å²) in [6.45, 7) is 1.23. The Morgan fingerprint density at radius 2 is 1.00 bits per heavy atom. The molecule has 0 unspecified atom stereocenters. The molecule has 1 aliphatic carbocycles. The second kappa shape index (κ2) is 12.8. The molecule has 5 atom stereocenters. The molecule has 4 rings (SSSR count). The molecule has 180 valence electrons. The summed E-state index contributed by atoms with van der Waals surface area (Å²) in [7, 11) is 0. The quantitative estimate of drug-likeness (QED) is 0.439. The smallest absolute Gasteiger partial charge is 0.113 e. The van der Waals surface area contributed by atoms with Gasteiger partial charge in [0.05, 0.1) is 32.0 Å². The molecule has 2 N–H and O–H groups in total. The van der Waals surface area contributed by atoms with Gasteiger partial charge in [-0.2, -0.15) is 0 Å². The minimum Gasteiger partial charge on any atom is -0.396 e. The molecular weight excluding hydrogens is 428 g/mol. The molecule has 0 saturated heterocycles. The van der Waals surface area contributed by atoms with E-state index in [0.717, 1.165) is 16.7 Å². The number of hydrogen-bond donors (Lipinski definition) is 2. The van der Waals surface area contributed by atoms with Crippen LogP contribution in [0.15, 0.2) is 91.0 Å². The highest BCUT2D eigenvalue weighted by Gasteiger charge is 2.46. The largest absolute Gasteiger partial charge is 0.396 e. The van der Waals surface area contributed by atoms with Gasteiger partial charge < -0.3 is 24.4 Å². The fraction of sp³-hybridized carbons (Fsp3) is 0.379. The van der Waals surface area contributed by atoms with Crippen LogP contribution in [0.2, 0.25) is 0 Å². The molecule has 1 fully saturated rings. The van der Waals surface area contributed by atoms with Crippen LogP contribution in [0.25, 0.3) is 0 Å². The normalized spacial score (nSPS) is 24.7.